The summed E-state index contributed by atoms with van der Waals surface area (Å²) in [6.45, 7) is 10.9. The van der Waals surface area contributed by atoms with Gasteiger partial charge in [0.1, 0.15) is 0 Å². The Morgan fingerprint density at radius 3 is 2.60 bits per heavy atom. The lowest BCUT2D eigenvalue weighted by Gasteiger charge is -2.27. The van der Waals surface area contributed by atoms with Gasteiger partial charge in [0.2, 0.25) is 5.91 Å². The van der Waals surface area contributed by atoms with E-state index in [9.17, 15) is 4.79 Å². The first-order chi connectivity index (χ1) is 9.54. The SMILES string of the molecule is CCC(C)C1NC(C(C)C)N(CCOCC2CC2)C1=O. The number of hydrogen-bond acceptors (Lipinski definition) is 3. The third-order valence-corrected chi connectivity index (χ3v) is 4.61. The smallest absolute Gasteiger partial charge is 0.241 e. The van der Waals surface area contributed by atoms with Crippen LogP contribution in [0.5, 0.6) is 0 Å². The van der Waals surface area contributed by atoms with Gasteiger partial charge in [-0.3, -0.25) is 10.1 Å². The van der Waals surface area contributed by atoms with Gasteiger partial charge in [-0.25, -0.2) is 0 Å². The molecule has 116 valence electrons. The minimum absolute atomic E-state index is 0.0177. The standard InChI is InChI=1S/C16H30N2O2/c1-5-12(4)14-16(19)18(15(17-14)11(2)3)8-9-20-10-13-6-7-13/h11-15,17H,5-10H2,1-4H3. The molecule has 20 heavy (non-hydrogen) atoms. The number of carbonyl (C=O) groups excluding carboxylic acids is 1. The van der Waals surface area contributed by atoms with E-state index in [-0.39, 0.29) is 18.1 Å². The predicted molar refractivity (Wildman–Crippen MR) is 80.3 cm³/mol. The Morgan fingerprint density at radius 1 is 1.35 bits per heavy atom. The molecule has 1 saturated carbocycles. The van der Waals surface area contributed by atoms with E-state index in [2.05, 4.69) is 33.0 Å². The lowest BCUT2D eigenvalue weighted by molar-refractivity contribution is -0.132. The van der Waals surface area contributed by atoms with Crippen molar-refractivity contribution in [2.24, 2.45) is 17.8 Å². The zero-order chi connectivity index (χ0) is 14.7. The first-order valence-electron chi connectivity index (χ1n) is 8.18. The van der Waals surface area contributed by atoms with Crippen LogP contribution >= 0.6 is 0 Å². The van der Waals surface area contributed by atoms with Crippen molar-refractivity contribution in [3.63, 3.8) is 0 Å². The zero-order valence-electron chi connectivity index (χ0n) is 13.4. The Bertz CT molecular complexity index is 328. The maximum absolute atomic E-state index is 12.6. The largest absolute Gasteiger partial charge is 0.379 e. The average Bonchev–Trinajstić information content (AvgIpc) is 3.18. The summed E-state index contributed by atoms with van der Waals surface area (Å²) in [7, 11) is 0. The summed E-state index contributed by atoms with van der Waals surface area (Å²) < 4.78 is 5.70. The second-order valence-electron chi connectivity index (χ2n) is 6.77. The lowest BCUT2D eigenvalue weighted by atomic mass is 9.99. The maximum atomic E-state index is 12.6. The van der Waals surface area contributed by atoms with Crippen LogP contribution in [0.15, 0.2) is 0 Å². The molecule has 0 bridgehead atoms. The highest BCUT2D eigenvalue weighted by Gasteiger charge is 2.41. The van der Waals surface area contributed by atoms with Gasteiger partial charge in [-0.05, 0) is 30.6 Å². The van der Waals surface area contributed by atoms with E-state index in [1.165, 1.54) is 12.8 Å². The van der Waals surface area contributed by atoms with E-state index in [0.717, 1.165) is 18.9 Å². The monoisotopic (exact) mass is 282 g/mol. The van der Waals surface area contributed by atoms with Gasteiger partial charge >= 0.3 is 0 Å². The summed E-state index contributed by atoms with van der Waals surface area (Å²) in [5.41, 5.74) is 0. The van der Waals surface area contributed by atoms with Gasteiger partial charge in [0.15, 0.2) is 0 Å². The van der Waals surface area contributed by atoms with Crippen LogP contribution in [0.1, 0.15) is 47.0 Å². The molecule has 2 rings (SSSR count). The Labute approximate surface area is 123 Å². The molecule has 4 nitrogen and oxygen atoms in total. The highest BCUT2D eigenvalue weighted by Crippen LogP contribution is 2.29. The highest BCUT2D eigenvalue weighted by atomic mass is 16.5. The Morgan fingerprint density at radius 2 is 2.05 bits per heavy atom. The average molecular weight is 282 g/mol. The highest BCUT2D eigenvalue weighted by molar-refractivity contribution is 5.84. The van der Waals surface area contributed by atoms with Crippen molar-refractivity contribution in [2.75, 3.05) is 19.8 Å². The van der Waals surface area contributed by atoms with Crippen molar-refractivity contribution < 1.29 is 9.53 Å². The number of nitrogens with one attached hydrogen (secondary N) is 1. The van der Waals surface area contributed by atoms with Gasteiger partial charge in [-0.1, -0.05) is 34.1 Å². The molecule has 1 heterocycles. The molecule has 0 aromatic rings. The molecule has 2 aliphatic rings. The molecule has 2 fully saturated rings. The van der Waals surface area contributed by atoms with Crippen LogP contribution in [0, 0.1) is 17.8 Å². The topological polar surface area (TPSA) is 41.6 Å². The minimum atomic E-state index is -0.0177. The number of amides is 1. The van der Waals surface area contributed by atoms with Crippen LogP contribution in [0.4, 0.5) is 0 Å². The molecule has 0 spiro atoms. The van der Waals surface area contributed by atoms with Crippen molar-refractivity contribution in [1.29, 1.82) is 0 Å². The summed E-state index contributed by atoms with van der Waals surface area (Å²) in [6.07, 6.45) is 3.82. The first-order valence-corrected chi connectivity index (χ1v) is 8.18. The third-order valence-electron chi connectivity index (χ3n) is 4.61. The van der Waals surface area contributed by atoms with Gasteiger partial charge in [0, 0.05) is 13.2 Å². The van der Waals surface area contributed by atoms with Gasteiger partial charge in [-0.2, -0.15) is 0 Å². The Hall–Kier alpha value is -0.610. The van der Waals surface area contributed by atoms with Crippen LogP contribution in [0.25, 0.3) is 0 Å². The van der Waals surface area contributed by atoms with Crippen molar-refractivity contribution in [3.05, 3.63) is 0 Å². The third kappa shape index (κ3) is 3.73. The number of nitrogens with zero attached hydrogens (tertiary/aromatic N) is 1. The summed E-state index contributed by atoms with van der Waals surface area (Å²) in [4.78, 5) is 14.6. The molecule has 1 N–H and O–H groups in total. The van der Waals surface area contributed by atoms with Crippen molar-refractivity contribution in [3.8, 4) is 0 Å². The lowest BCUT2D eigenvalue weighted by Crippen LogP contribution is -2.43. The molecule has 1 amide bonds. The Kier molecular flexibility index (Phi) is 5.44. The quantitative estimate of drug-likeness (QED) is 0.694. The summed E-state index contributed by atoms with van der Waals surface area (Å²) in [6, 6.07) is -0.0177. The molecule has 3 unspecified atom stereocenters. The van der Waals surface area contributed by atoms with Gasteiger partial charge in [-0.15, -0.1) is 0 Å². The zero-order valence-corrected chi connectivity index (χ0v) is 13.4. The first kappa shape index (κ1) is 15.8. The summed E-state index contributed by atoms with van der Waals surface area (Å²) >= 11 is 0. The fourth-order valence-corrected chi connectivity index (χ4v) is 2.80. The second-order valence-corrected chi connectivity index (χ2v) is 6.77. The molecule has 3 atom stereocenters. The van der Waals surface area contributed by atoms with E-state index < -0.39 is 0 Å². The molecule has 4 heteroatoms. The van der Waals surface area contributed by atoms with Gasteiger partial charge in [0.25, 0.3) is 0 Å². The normalized spacial score (nSPS) is 28.4. The van der Waals surface area contributed by atoms with Crippen LogP contribution in [0.2, 0.25) is 0 Å². The fourth-order valence-electron chi connectivity index (χ4n) is 2.80. The van der Waals surface area contributed by atoms with E-state index in [0.29, 0.717) is 25.0 Å². The number of hydrogen-bond donors (Lipinski definition) is 1. The molecule has 0 aromatic carbocycles. The van der Waals surface area contributed by atoms with E-state index >= 15 is 0 Å². The molecular weight excluding hydrogens is 252 g/mol. The van der Waals surface area contributed by atoms with Crippen LogP contribution in [-0.2, 0) is 9.53 Å². The fraction of sp³-hybridized carbons (Fsp3) is 0.938. The number of carbonyl (C=O) groups is 1. The molecule has 1 aliphatic carbocycles. The summed E-state index contributed by atoms with van der Waals surface area (Å²) in [5.74, 6) is 1.86. The molecule has 0 radical (unpaired) electrons. The van der Waals surface area contributed by atoms with Crippen LogP contribution < -0.4 is 5.32 Å². The van der Waals surface area contributed by atoms with Gasteiger partial charge in [0.05, 0.1) is 18.8 Å². The van der Waals surface area contributed by atoms with E-state index in [1.54, 1.807) is 0 Å². The van der Waals surface area contributed by atoms with Crippen molar-refractivity contribution in [1.82, 2.24) is 10.2 Å². The predicted octanol–water partition coefficient (Wildman–Crippen LogP) is 2.24. The number of rotatable bonds is 8. The molecule has 1 saturated heterocycles. The molecular formula is C16H30N2O2. The van der Waals surface area contributed by atoms with Crippen LogP contribution in [-0.4, -0.2) is 42.8 Å². The molecule has 1 aliphatic heterocycles. The van der Waals surface area contributed by atoms with Crippen molar-refractivity contribution in [2.45, 2.75) is 59.2 Å². The summed E-state index contributed by atoms with van der Waals surface area (Å²) in [5, 5.41) is 3.52. The van der Waals surface area contributed by atoms with E-state index in [4.69, 9.17) is 4.74 Å². The van der Waals surface area contributed by atoms with E-state index in [1.807, 2.05) is 4.90 Å². The molecule has 0 aromatic heterocycles. The minimum Gasteiger partial charge on any atom is -0.379 e. The van der Waals surface area contributed by atoms with Gasteiger partial charge < -0.3 is 9.64 Å². The Balaban J connectivity index is 1.86. The van der Waals surface area contributed by atoms with Crippen LogP contribution in [0.3, 0.4) is 0 Å². The second kappa shape index (κ2) is 6.90. The maximum Gasteiger partial charge on any atom is 0.241 e. The van der Waals surface area contributed by atoms with Crippen molar-refractivity contribution >= 4 is 5.91 Å². The number of ether oxygens (including phenoxy) is 1.